The van der Waals surface area contributed by atoms with Crippen molar-refractivity contribution in [1.82, 2.24) is 0 Å². The van der Waals surface area contributed by atoms with Crippen LogP contribution < -0.4 is 4.72 Å². The molecule has 2 aromatic carbocycles. The molecule has 0 unspecified atom stereocenters. The molecule has 3 nitrogen and oxygen atoms in total. The first-order valence-electron chi connectivity index (χ1n) is 6.34. The molecule has 2 aromatic rings. The van der Waals surface area contributed by atoms with E-state index in [-0.39, 0.29) is 4.90 Å². The van der Waals surface area contributed by atoms with E-state index in [2.05, 4.69) is 20.7 Å². The van der Waals surface area contributed by atoms with E-state index in [1.54, 1.807) is 36.4 Å². The smallest absolute Gasteiger partial charge is 0.261 e. The molecule has 1 N–H and O–H groups in total. The first-order chi connectivity index (χ1) is 9.62. The van der Waals surface area contributed by atoms with Gasteiger partial charge in [0.05, 0.1) is 4.90 Å². The fourth-order valence-corrected chi connectivity index (χ4v) is 3.23. The zero-order valence-electron chi connectivity index (χ0n) is 10.9. The van der Waals surface area contributed by atoms with Gasteiger partial charge in [0, 0.05) is 11.0 Å². The van der Waals surface area contributed by atoms with Gasteiger partial charge in [0.25, 0.3) is 10.0 Å². The normalized spacial score (nSPS) is 11.2. The summed E-state index contributed by atoms with van der Waals surface area (Å²) in [4.78, 5) is 0.269. The number of rotatable bonds is 6. The van der Waals surface area contributed by atoms with E-state index in [4.69, 9.17) is 0 Å². The molecule has 0 atom stereocenters. The lowest BCUT2D eigenvalue weighted by molar-refractivity contribution is 0.601. The minimum Gasteiger partial charge on any atom is -0.280 e. The summed E-state index contributed by atoms with van der Waals surface area (Å²) in [5.74, 6) is 0. The second-order valence-corrected chi connectivity index (χ2v) is 6.89. The summed E-state index contributed by atoms with van der Waals surface area (Å²) in [5, 5.41) is 0.937. The van der Waals surface area contributed by atoms with Crippen LogP contribution in [0.15, 0.2) is 59.5 Å². The number of alkyl halides is 1. The largest absolute Gasteiger partial charge is 0.280 e. The van der Waals surface area contributed by atoms with Crippen molar-refractivity contribution < 1.29 is 8.42 Å². The molecule has 0 saturated heterocycles. The minimum absolute atomic E-state index is 0.269. The highest BCUT2D eigenvalue weighted by atomic mass is 79.9. The third-order valence-electron chi connectivity index (χ3n) is 2.83. The Morgan fingerprint density at radius 1 is 1.00 bits per heavy atom. The molecule has 2 rings (SSSR count). The van der Waals surface area contributed by atoms with Crippen molar-refractivity contribution in [2.24, 2.45) is 0 Å². The summed E-state index contributed by atoms with van der Waals surface area (Å²) in [5.41, 5.74) is 1.72. The molecule has 0 amide bonds. The van der Waals surface area contributed by atoms with Crippen LogP contribution in [0.2, 0.25) is 0 Å². The van der Waals surface area contributed by atoms with Gasteiger partial charge in [-0.05, 0) is 42.7 Å². The molecule has 0 fully saturated rings. The van der Waals surface area contributed by atoms with Crippen LogP contribution in [-0.4, -0.2) is 13.7 Å². The summed E-state index contributed by atoms with van der Waals surface area (Å²) in [6.07, 6.45) is 1.95. The van der Waals surface area contributed by atoms with Gasteiger partial charge in [-0.15, -0.1) is 0 Å². The highest BCUT2D eigenvalue weighted by Crippen LogP contribution is 2.17. The van der Waals surface area contributed by atoms with Crippen LogP contribution in [0.1, 0.15) is 12.0 Å². The number of anilines is 1. The fourth-order valence-electron chi connectivity index (χ4n) is 1.87. The average molecular weight is 354 g/mol. The summed E-state index contributed by atoms with van der Waals surface area (Å²) >= 11 is 3.39. The van der Waals surface area contributed by atoms with E-state index in [1.165, 1.54) is 0 Å². The van der Waals surface area contributed by atoms with Gasteiger partial charge in [0.1, 0.15) is 0 Å². The Balaban J connectivity index is 2.17. The van der Waals surface area contributed by atoms with Gasteiger partial charge >= 0.3 is 0 Å². The summed E-state index contributed by atoms with van der Waals surface area (Å²) in [7, 11) is -3.51. The maximum atomic E-state index is 12.2. The van der Waals surface area contributed by atoms with Crippen molar-refractivity contribution in [3.63, 3.8) is 0 Å². The van der Waals surface area contributed by atoms with Crippen molar-refractivity contribution >= 4 is 31.6 Å². The second-order valence-electron chi connectivity index (χ2n) is 4.41. The maximum Gasteiger partial charge on any atom is 0.261 e. The van der Waals surface area contributed by atoms with Gasteiger partial charge in [-0.3, -0.25) is 4.72 Å². The predicted octanol–water partition coefficient (Wildman–Crippen LogP) is 3.81. The van der Waals surface area contributed by atoms with E-state index in [0.717, 1.165) is 23.7 Å². The van der Waals surface area contributed by atoms with Gasteiger partial charge in [0.2, 0.25) is 0 Å². The quantitative estimate of drug-likeness (QED) is 0.802. The molecular formula is C15H16BrNO2S. The number of nitrogens with one attached hydrogen (secondary N) is 1. The SMILES string of the molecule is O=S(=O)(Nc1cccc(CCCBr)c1)c1ccccc1. The monoisotopic (exact) mass is 353 g/mol. The Bertz CT molecular complexity index is 657. The molecule has 0 aromatic heterocycles. The van der Waals surface area contributed by atoms with E-state index in [0.29, 0.717) is 5.69 Å². The van der Waals surface area contributed by atoms with Crippen LogP contribution in [0, 0.1) is 0 Å². The molecule has 20 heavy (non-hydrogen) atoms. The van der Waals surface area contributed by atoms with Crippen molar-refractivity contribution in [3.05, 3.63) is 60.2 Å². The van der Waals surface area contributed by atoms with E-state index < -0.39 is 10.0 Å². The van der Waals surface area contributed by atoms with E-state index >= 15 is 0 Å². The number of hydrogen-bond acceptors (Lipinski definition) is 2. The average Bonchev–Trinajstić information content (AvgIpc) is 2.46. The molecule has 0 saturated carbocycles. The topological polar surface area (TPSA) is 46.2 Å². The lowest BCUT2D eigenvalue weighted by Gasteiger charge is -2.09. The molecule has 0 heterocycles. The number of benzene rings is 2. The summed E-state index contributed by atoms with van der Waals surface area (Å²) in [6, 6.07) is 15.9. The van der Waals surface area contributed by atoms with Gasteiger partial charge in [-0.25, -0.2) is 8.42 Å². The maximum absolute atomic E-state index is 12.2. The summed E-state index contributed by atoms with van der Waals surface area (Å²) < 4.78 is 27.0. The van der Waals surface area contributed by atoms with Gasteiger partial charge in [0.15, 0.2) is 0 Å². The van der Waals surface area contributed by atoms with E-state index in [9.17, 15) is 8.42 Å². The van der Waals surface area contributed by atoms with Crippen molar-refractivity contribution in [3.8, 4) is 0 Å². The zero-order chi connectivity index (χ0) is 14.4. The third-order valence-corrected chi connectivity index (χ3v) is 4.79. The minimum atomic E-state index is -3.51. The molecule has 106 valence electrons. The van der Waals surface area contributed by atoms with Crippen molar-refractivity contribution in [2.45, 2.75) is 17.7 Å². The molecular weight excluding hydrogens is 338 g/mol. The molecule has 0 spiro atoms. The lowest BCUT2D eigenvalue weighted by atomic mass is 10.1. The number of hydrogen-bond donors (Lipinski definition) is 1. The Morgan fingerprint density at radius 3 is 2.45 bits per heavy atom. The van der Waals surface area contributed by atoms with Crippen LogP contribution >= 0.6 is 15.9 Å². The Labute approximate surface area is 128 Å². The first kappa shape index (κ1) is 15.1. The number of sulfonamides is 1. The lowest BCUT2D eigenvalue weighted by Crippen LogP contribution is -2.12. The van der Waals surface area contributed by atoms with Crippen molar-refractivity contribution in [2.75, 3.05) is 10.1 Å². The molecule has 0 bridgehead atoms. The van der Waals surface area contributed by atoms with Crippen LogP contribution in [0.3, 0.4) is 0 Å². The highest BCUT2D eigenvalue weighted by molar-refractivity contribution is 9.09. The molecule has 0 aliphatic rings. The molecule has 0 radical (unpaired) electrons. The zero-order valence-corrected chi connectivity index (χ0v) is 13.3. The standard InChI is InChI=1S/C15H16BrNO2S/c16-11-5-7-13-6-4-8-14(12-13)17-20(18,19)15-9-2-1-3-10-15/h1-4,6,8-10,12,17H,5,7,11H2. The first-order valence-corrected chi connectivity index (χ1v) is 8.95. The highest BCUT2D eigenvalue weighted by Gasteiger charge is 2.13. The molecule has 0 aliphatic carbocycles. The van der Waals surface area contributed by atoms with Crippen LogP contribution in [0.5, 0.6) is 0 Å². The third kappa shape index (κ3) is 4.08. The Hall–Kier alpha value is -1.33. The Morgan fingerprint density at radius 2 is 1.75 bits per heavy atom. The van der Waals surface area contributed by atoms with E-state index in [1.807, 2.05) is 18.2 Å². The van der Waals surface area contributed by atoms with Gasteiger partial charge < -0.3 is 0 Å². The van der Waals surface area contributed by atoms with Gasteiger partial charge in [-0.1, -0.05) is 46.3 Å². The van der Waals surface area contributed by atoms with Crippen LogP contribution in [0.4, 0.5) is 5.69 Å². The predicted molar refractivity (Wildman–Crippen MR) is 85.8 cm³/mol. The van der Waals surface area contributed by atoms with Crippen LogP contribution in [0.25, 0.3) is 0 Å². The van der Waals surface area contributed by atoms with Crippen LogP contribution in [-0.2, 0) is 16.4 Å². The van der Waals surface area contributed by atoms with Gasteiger partial charge in [-0.2, -0.15) is 0 Å². The Kier molecular flexibility index (Phi) is 5.20. The molecule has 0 aliphatic heterocycles. The fraction of sp³-hybridized carbons (Fsp3) is 0.200. The van der Waals surface area contributed by atoms with Crippen molar-refractivity contribution in [1.29, 1.82) is 0 Å². The number of halogens is 1. The summed E-state index contributed by atoms with van der Waals surface area (Å²) in [6.45, 7) is 0. The second kappa shape index (κ2) is 6.90. The number of aryl methyl sites for hydroxylation is 1. The molecule has 5 heteroatoms.